The van der Waals surface area contributed by atoms with Crippen LogP contribution in [0.15, 0.2) is 17.4 Å². The number of primary amides is 1. The van der Waals surface area contributed by atoms with Crippen LogP contribution in [-0.4, -0.2) is 105 Å². The number of rotatable bonds is 3. The molecule has 44 heavy (non-hydrogen) atoms. The van der Waals surface area contributed by atoms with Crippen molar-refractivity contribution in [3.8, 4) is 0 Å². The molecule has 6 rings (SSSR count). The van der Waals surface area contributed by atoms with E-state index in [0.29, 0.717) is 0 Å². The number of nitrogens with two attached hydrogens (primary N) is 3. The van der Waals surface area contributed by atoms with Gasteiger partial charge in [0.1, 0.15) is 42.4 Å². The molecule has 3 aliphatic rings. The van der Waals surface area contributed by atoms with Crippen LogP contribution in [0.3, 0.4) is 0 Å². The molecule has 0 radical (unpaired) electrons. The van der Waals surface area contributed by atoms with Crippen LogP contribution in [0.4, 0.5) is 11.8 Å². The van der Waals surface area contributed by atoms with Crippen molar-refractivity contribution in [2.75, 3.05) is 24.7 Å². The quantitative estimate of drug-likeness (QED) is 0.128. The van der Waals surface area contributed by atoms with Crippen molar-refractivity contribution >= 4 is 44.5 Å². The van der Waals surface area contributed by atoms with E-state index < -0.39 is 89.4 Å². The Bertz CT molecular complexity index is 1760. The number of aromatic amines is 1. The molecule has 25 heteroatoms. The number of nitrogens with zero attached hydrogens (tertiary/aromatic N) is 5. The maximum Gasteiger partial charge on any atom is 0.472 e. The minimum atomic E-state index is -5.09. The Balaban J connectivity index is 1.28. The zero-order chi connectivity index (χ0) is 31.7. The molecule has 10 atom stereocenters. The fourth-order valence-corrected chi connectivity index (χ4v) is 6.95. The van der Waals surface area contributed by atoms with E-state index in [0.717, 1.165) is 21.8 Å². The zero-order valence-corrected chi connectivity index (χ0v) is 23.7. The molecule has 0 spiro atoms. The average molecular weight is 665 g/mol. The van der Waals surface area contributed by atoms with Crippen molar-refractivity contribution in [1.29, 1.82) is 0 Å². The summed E-state index contributed by atoms with van der Waals surface area (Å²) < 4.78 is 59.9. The Morgan fingerprint density at radius 3 is 1.98 bits per heavy atom. The highest BCUT2D eigenvalue weighted by molar-refractivity contribution is 7.47. The number of ether oxygens (including phenoxy) is 2. The number of H-pyrrole nitrogens is 1. The van der Waals surface area contributed by atoms with Gasteiger partial charge in [0.15, 0.2) is 29.3 Å². The number of nitrogens with one attached hydrogen (secondary N) is 1. The fraction of sp³-hybridized carbons (Fsp3) is 0.526. The summed E-state index contributed by atoms with van der Waals surface area (Å²) in [5, 5.41) is 22.0. The summed E-state index contributed by atoms with van der Waals surface area (Å²) in [7, 11) is -10.2. The Kier molecular flexibility index (Phi) is 7.64. The summed E-state index contributed by atoms with van der Waals surface area (Å²) in [4.78, 5) is 58.7. The molecule has 0 aromatic carbocycles. The number of hydrogen-bond acceptors (Lipinski definition) is 17. The molecule has 3 aliphatic heterocycles. The summed E-state index contributed by atoms with van der Waals surface area (Å²) in [6.45, 7) is -1.75. The third-order valence-corrected chi connectivity index (χ3v) is 8.97. The Morgan fingerprint density at radius 1 is 0.932 bits per heavy atom. The standard InChI is InChI=1S/C19H25N9O14P2/c20-13-7(14(21)31)23-3-27(13)17-9(29)11-5(39-17)1-37-44(35,36)42-12-6(2-38-43(33,34)41-11)40-18(10(12)30)28-4-24-8-15(28)25-19(22)26-16(8)32/h3-6,9-12,17-18,29-30H,1-2,20H2,(H2,21,31)(H,33,34)(H,35,36)(H3,22,25,26,32)/t5-,6-,9-,10-,11-,12-,17-,18-/m1/s1. The molecule has 0 saturated carbocycles. The minimum absolute atomic E-state index is 0.122. The number of amides is 1. The first-order chi connectivity index (χ1) is 20.7. The van der Waals surface area contributed by atoms with Gasteiger partial charge in [0.05, 0.1) is 25.9 Å². The molecule has 3 fully saturated rings. The molecule has 3 aromatic heterocycles. The van der Waals surface area contributed by atoms with Crippen LogP contribution < -0.4 is 22.8 Å². The third kappa shape index (κ3) is 5.42. The second-order valence-corrected chi connectivity index (χ2v) is 12.6. The van der Waals surface area contributed by atoms with Gasteiger partial charge in [0.2, 0.25) is 5.95 Å². The number of carbonyl (C=O) groups is 1. The van der Waals surface area contributed by atoms with E-state index >= 15 is 0 Å². The summed E-state index contributed by atoms with van der Waals surface area (Å²) in [5.74, 6) is -1.59. The number of carbonyl (C=O) groups excluding carboxylic acids is 1. The van der Waals surface area contributed by atoms with Gasteiger partial charge in [-0.25, -0.2) is 19.1 Å². The van der Waals surface area contributed by atoms with Crippen LogP contribution in [0.1, 0.15) is 22.9 Å². The van der Waals surface area contributed by atoms with Gasteiger partial charge in [-0.1, -0.05) is 0 Å². The van der Waals surface area contributed by atoms with Crippen molar-refractivity contribution < 1.29 is 61.5 Å². The van der Waals surface area contributed by atoms with Crippen LogP contribution in [-0.2, 0) is 36.7 Å². The lowest BCUT2D eigenvalue weighted by Crippen LogP contribution is -2.39. The number of phosphoric ester groups is 2. The molecule has 11 N–H and O–H groups in total. The summed E-state index contributed by atoms with van der Waals surface area (Å²) in [5.41, 5.74) is 15.4. The molecule has 2 unspecified atom stereocenters. The van der Waals surface area contributed by atoms with Gasteiger partial charge in [0.25, 0.3) is 11.5 Å². The second-order valence-electron chi connectivity index (χ2n) is 9.81. The van der Waals surface area contributed by atoms with Crippen molar-refractivity contribution in [3.63, 3.8) is 0 Å². The topological polar surface area (TPSA) is 347 Å². The molecule has 0 aliphatic carbocycles. The number of aliphatic hydroxyl groups is 2. The predicted octanol–water partition coefficient (Wildman–Crippen LogP) is -3.19. The van der Waals surface area contributed by atoms with Crippen molar-refractivity contribution in [2.45, 2.75) is 49.1 Å². The lowest BCUT2D eigenvalue weighted by Gasteiger charge is -2.27. The summed E-state index contributed by atoms with van der Waals surface area (Å²) in [6, 6.07) is 0. The highest BCUT2D eigenvalue weighted by Gasteiger charge is 2.54. The van der Waals surface area contributed by atoms with E-state index in [1.807, 2.05) is 0 Å². The number of anilines is 2. The monoisotopic (exact) mass is 665 g/mol. The first-order valence-corrected chi connectivity index (χ1v) is 15.5. The number of hydrogen-bond donors (Lipinski definition) is 8. The largest absolute Gasteiger partial charge is 0.472 e. The number of imidazole rings is 2. The molecule has 6 heterocycles. The Morgan fingerprint density at radius 2 is 1.45 bits per heavy atom. The van der Waals surface area contributed by atoms with Gasteiger partial charge in [-0.2, -0.15) is 4.98 Å². The number of aromatic nitrogens is 6. The number of aliphatic hydroxyl groups excluding tert-OH is 2. The van der Waals surface area contributed by atoms with Crippen LogP contribution in [0.2, 0.25) is 0 Å². The Labute approximate surface area is 243 Å². The first-order valence-electron chi connectivity index (χ1n) is 12.5. The van der Waals surface area contributed by atoms with Gasteiger partial charge in [-0.15, -0.1) is 0 Å². The van der Waals surface area contributed by atoms with E-state index in [9.17, 15) is 38.7 Å². The highest BCUT2D eigenvalue weighted by Crippen LogP contribution is 2.53. The molecule has 240 valence electrons. The van der Waals surface area contributed by atoms with Gasteiger partial charge < -0.3 is 46.7 Å². The first kappa shape index (κ1) is 30.7. The maximum absolute atomic E-state index is 13.0. The smallest absolute Gasteiger partial charge is 0.386 e. The number of nitrogen functional groups attached to an aromatic ring is 2. The second kappa shape index (κ2) is 10.9. The fourth-order valence-electron chi connectivity index (χ4n) is 5.02. The van der Waals surface area contributed by atoms with Gasteiger partial charge >= 0.3 is 15.6 Å². The maximum atomic E-state index is 13.0. The molecular weight excluding hydrogens is 640 g/mol. The predicted molar refractivity (Wildman–Crippen MR) is 139 cm³/mol. The molecule has 23 nitrogen and oxygen atoms in total. The lowest BCUT2D eigenvalue weighted by molar-refractivity contribution is -0.0665. The average Bonchev–Trinajstić information content (AvgIpc) is 3.67. The van der Waals surface area contributed by atoms with Crippen LogP contribution in [0.5, 0.6) is 0 Å². The molecule has 3 saturated heterocycles. The van der Waals surface area contributed by atoms with E-state index in [4.69, 9.17) is 44.8 Å². The number of fused-ring (bicyclic) bond motifs is 3. The normalized spacial score (nSPS) is 38.1. The van der Waals surface area contributed by atoms with Gasteiger partial charge in [0, 0.05) is 0 Å². The number of phosphoric acid groups is 2. The van der Waals surface area contributed by atoms with Gasteiger partial charge in [-0.3, -0.25) is 41.8 Å². The van der Waals surface area contributed by atoms with Crippen LogP contribution in [0.25, 0.3) is 11.2 Å². The van der Waals surface area contributed by atoms with E-state index in [1.165, 1.54) is 0 Å². The zero-order valence-electron chi connectivity index (χ0n) is 21.9. The van der Waals surface area contributed by atoms with E-state index in [2.05, 4.69) is 19.9 Å². The highest BCUT2D eigenvalue weighted by atomic mass is 31.2. The van der Waals surface area contributed by atoms with Crippen molar-refractivity contribution in [2.24, 2.45) is 5.73 Å². The van der Waals surface area contributed by atoms with E-state index in [1.54, 1.807) is 0 Å². The van der Waals surface area contributed by atoms with E-state index in [-0.39, 0.29) is 28.6 Å². The van der Waals surface area contributed by atoms with Crippen molar-refractivity contribution in [1.82, 2.24) is 29.1 Å². The molecule has 1 amide bonds. The lowest BCUT2D eigenvalue weighted by atomic mass is 10.1. The van der Waals surface area contributed by atoms with Gasteiger partial charge in [-0.05, 0) is 0 Å². The van der Waals surface area contributed by atoms with Crippen molar-refractivity contribution in [3.05, 3.63) is 28.7 Å². The minimum Gasteiger partial charge on any atom is -0.386 e. The Hall–Kier alpha value is -3.31. The van der Waals surface area contributed by atoms with Crippen LogP contribution >= 0.6 is 15.6 Å². The SMILES string of the molecule is NC(=O)c1ncn([C@@H]2O[C@@H]3COP(=O)(O)O[C@H]4[C@@H](O)[C@H](n5cnc6c(=O)[nH]c(N)nc65)O[C@@H]4COP(=O)(O)O[C@H]3[C@H]2O)c1N. The van der Waals surface area contributed by atoms with Crippen LogP contribution in [0, 0.1) is 0 Å². The molecule has 0 bridgehead atoms. The summed E-state index contributed by atoms with van der Waals surface area (Å²) in [6.07, 6.45) is -11.0. The third-order valence-electron chi connectivity index (χ3n) is 7.00. The summed E-state index contributed by atoms with van der Waals surface area (Å²) >= 11 is 0. The molecule has 3 aromatic rings. The molecular formula is C19H25N9O14P2.